The normalized spacial score (nSPS) is 17.5. The van der Waals surface area contributed by atoms with Crippen LogP contribution in [0.15, 0.2) is 59.6 Å². The third-order valence-corrected chi connectivity index (χ3v) is 6.50. The molecule has 4 rings (SSSR count). The maximum Gasteiger partial charge on any atom is 0.418 e. The zero-order chi connectivity index (χ0) is 24.3. The standard InChI is InChI=1S/C23H24F3N5O2S/c1-15-5-2-3-6-17(15)22-18(23(24,25)26)9-10-19(28-22)30-34(33)21-8-4-7-20(29-21)31-12-11-27-16(13-31)14-32/h2-10,16,27,32H,11-14H2,1H3,(H,28,30). The van der Waals surface area contributed by atoms with Gasteiger partial charge in [0.1, 0.15) is 17.2 Å². The first kappa shape index (κ1) is 24.3. The zero-order valence-corrected chi connectivity index (χ0v) is 19.2. The Hall–Kier alpha value is -2.86. The molecule has 0 saturated carbocycles. The molecule has 7 nitrogen and oxygen atoms in total. The molecule has 3 aromatic rings. The number of nitrogens with zero attached hydrogens (tertiary/aromatic N) is 3. The summed E-state index contributed by atoms with van der Waals surface area (Å²) in [7, 11) is 0. The molecule has 3 N–H and O–H groups in total. The number of pyridine rings is 2. The zero-order valence-electron chi connectivity index (χ0n) is 18.3. The van der Waals surface area contributed by atoms with Crippen LogP contribution < -0.4 is 14.9 Å². The van der Waals surface area contributed by atoms with E-state index in [1.807, 2.05) is 4.90 Å². The van der Waals surface area contributed by atoms with E-state index in [2.05, 4.69) is 20.0 Å². The predicted octanol–water partition coefficient (Wildman–Crippen LogP) is 3.38. The van der Waals surface area contributed by atoms with Crippen molar-refractivity contribution in [3.05, 3.63) is 65.7 Å². The van der Waals surface area contributed by atoms with Gasteiger partial charge in [-0.1, -0.05) is 30.3 Å². The monoisotopic (exact) mass is 491 g/mol. The minimum atomic E-state index is -4.59. The van der Waals surface area contributed by atoms with Crippen LogP contribution in [0.2, 0.25) is 0 Å². The molecule has 180 valence electrons. The van der Waals surface area contributed by atoms with Gasteiger partial charge in [0.05, 0.1) is 17.9 Å². The van der Waals surface area contributed by atoms with E-state index in [0.29, 0.717) is 36.6 Å². The molecule has 34 heavy (non-hydrogen) atoms. The Bertz CT molecular complexity index is 1150. The Morgan fingerprint density at radius 2 is 1.94 bits per heavy atom. The van der Waals surface area contributed by atoms with Crippen molar-refractivity contribution in [2.45, 2.75) is 24.2 Å². The van der Waals surface area contributed by atoms with E-state index >= 15 is 0 Å². The highest BCUT2D eigenvalue weighted by Crippen LogP contribution is 2.38. The molecule has 3 heterocycles. The third kappa shape index (κ3) is 5.44. The van der Waals surface area contributed by atoms with Gasteiger partial charge in [-0.3, -0.25) is 0 Å². The van der Waals surface area contributed by atoms with Crippen LogP contribution in [-0.4, -0.2) is 51.9 Å². The fraction of sp³-hybridized carbons (Fsp3) is 0.304. The van der Waals surface area contributed by atoms with Gasteiger partial charge in [0, 0.05) is 37.3 Å². The first-order valence-electron chi connectivity index (χ1n) is 10.6. The van der Waals surface area contributed by atoms with E-state index in [-0.39, 0.29) is 29.2 Å². The minimum Gasteiger partial charge on any atom is -0.587 e. The molecule has 0 radical (unpaired) electrons. The Morgan fingerprint density at radius 1 is 1.15 bits per heavy atom. The van der Waals surface area contributed by atoms with Crippen molar-refractivity contribution in [3.8, 4) is 11.3 Å². The van der Waals surface area contributed by atoms with Crippen molar-refractivity contribution in [1.82, 2.24) is 15.3 Å². The first-order valence-corrected chi connectivity index (χ1v) is 11.8. The molecule has 1 aromatic carbocycles. The molecule has 2 aromatic heterocycles. The SMILES string of the molecule is Cc1ccccc1-c1nc(N[S+]([O-])c2cccc(N3CCNC(CO)C3)n2)ccc1C(F)(F)F. The van der Waals surface area contributed by atoms with Crippen molar-refractivity contribution in [2.24, 2.45) is 0 Å². The van der Waals surface area contributed by atoms with Gasteiger partial charge in [0.2, 0.25) is 0 Å². The fourth-order valence-corrected chi connectivity index (χ4v) is 4.56. The summed E-state index contributed by atoms with van der Waals surface area (Å²) in [6, 6.07) is 13.8. The Kier molecular flexibility index (Phi) is 7.27. The summed E-state index contributed by atoms with van der Waals surface area (Å²) in [5, 5.41) is 12.8. The van der Waals surface area contributed by atoms with E-state index < -0.39 is 23.1 Å². The molecule has 1 fully saturated rings. The lowest BCUT2D eigenvalue weighted by Gasteiger charge is -2.33. The number of aliphatic hydroxyl groups is 1. The van der Waals surface area contributed by atoms with E-state index in [9.17, 15) is 22.8 Å². The molecule has 0 amide bonds. The number of aromatic nitrogens is 2. The second-order valence-corrected chi connectivity index (χ2v) is 9.05. The van der Waals surface area contributed by atoms with Crippen molar-refractivity contribution >= 4 is 23.0 Å². The number of aliphatic hydroxyl groups excluding tert-OH is 1. The average Bonchev–Trinajstić information content (AvgIpc) is 2.83. The van der Waals surface area contributed by atoms with Gasteiger partial charge in [-0.05, 0) is 30.7 Å². The van der Waals surface area contributed by atoms with Crippen molar-refractivity contribution in [3.63, 3.8) is 0 Å². The summed E-state index contributed by atoms with van der Waals surface area (Å²) >= 11 is -1.85. The topological polar surface area (TPSA) is 96.4 Å². The van der Waals surface area contributed by atoms with Gasteiger partial charge in [-0.15, -0.1) is 0 Å². The van der Waals surface area contributed by atoms with Crippen LogP contribution in [0.1, 0.15) is 11.1 Å². The maximum absolute atomic E-state index is 13.6. The Balaban J connectivity index is 1.60. The molecule has 11 heteroatoms. The second kappa shape index (κ2) is 10.2. The van der Waals surface area contributed by atoms with E-state index in [4.69, 9.17) is 0 Å². The van der Waals surface area contributed by atoms with Gasteiger partial charge < -0.3 is 19.9 Å². The van der Waals surface area contributed by atoms with Crippen LogP contribution in [0.5, 0.6) is 0 Å². The summed E-state index contributed by atoms with van der Waals surface area (Å²) in [6.45, 7) is 3.60. The number of piperazine rings is 1. The quantitative estimate of drug-likeness (QED) is 0.455. The number of nitrogens with one attached hydrogen (secondary N) is 2. The summed E-state index contributed by atoms with van der Waals surface area (Å²) in [6.07, 6.45) is -4.59. The van der Waals surface area contributed by atoms with Crippen molar-refractivity contribution in [1.29, 1.82) is 0 Å². The van der Waals surface area contributed by atoms with E-state index in [1.54, 1.807) is 49.4 Å². The molecule has 1 aliphatic heterocycles. The highest BCUT2D eigenvalue weighted by Gasteiger charge is 2.35. The number of halogens is 3. The summed E-state index contributed by atoms with van der Waals surface area (Å²) in [4.78, 5) is 10.6. The molecule has 2 unspecified atom stereocenters. The lowest BCUT2D eigenvalue weighted by molar-refractivity contribution is -0.137. The largest absolute Gasteiger partial charge is 0.587 e. The number of anilines is 2. The number of hydrogen-bond acceptors (Lipinski definition) is 7. The number of alkyl halides is 3. The van der Waals surface area contributed by atoms with Crippen LogP contribution >= 0.6 is 0 Å². The Morgan fingerprint density at radius 3 is 2.68 bits per heavy atom. The van der Waals surface area contributed by atoms with Crippen molar-refractivity contribution in [2.75, 3.05) is 35.9 Å². The molecule has 0 aliphatic carbocycles. The molecular formula is C23H24F3N5O2S. The first-order chi connectivity index (χ1) is 16.3. The molecule has 0 spiro atoms. The lowest BCUT2D eigenvalue weighted by atomic mass is 10.0. The fourth-order valence-electron chi connectivity index (χ4n) is 3.78. The minimum absolute atomic E-state index is 0.00745. The third-order valence-electron chi connectivity index (χ3n) is 5.50. The molecule has 0 bridgehead atoms. The number of hydrogen-bond donors (Lipinski definition) is 3. The van der Waals surface area contributed by atoms with Gasteiger partial charge >= 0.3 is 6.18 Å². The molecular weight excluding hydrogens is 467 g/mol. The van der Waals surface area contributed by atoms with Crippen LogP contribution in [0.3, 0.4) is 0 Å². The molecule has 2 atom stereocenters. The van der Waals surface area contributed by atoms with Gasteiger partial charge in [-0.25, -0.2) is 4.98 Å². The highest BCUT2D eigenvalue weighted by molar-refractivity contribution is 7.92. The second-order valence-electron chi connectivity index (χ2n) is 7.89. The number of aryl methyl sites for hydroxylation is 1. The summed E-state index contributed by atoms with van der Waals surface area (Å²) in [5.41, 5.74) is -0.104. The van der Waals surface area contributed by atoms with Crippen LogP contribution in [0, 0.1) is 6.92 Å². The van der Waals surface area contributed by atoms with Crippen molar-refractivity contribution < 1.29 is 22.8 Å². The van der Waals surface area contributed by atoms with E-state index in [0.717, 1.165) is 12.1 Å². The number of benzene rings is 1. The molecule has 1 aliphatic rings. The van der Waals surface area contributed by atoms with Gasteiger partial charge in [-0.2, -0.15) is 22.9 Å². The maximum atomic E-state index is 13.6. The number of rotatable bonds is 6. The highest BCUT2D eigenvalue weighted by atomic mass is 32.2. The van der Waals surface area contributed by atoms with Gasteiger partial charge in [0.25, 0.3) is 5.03 Å². The lowest BCUT2D eigenvalue weighted by Crippen LogP contribution is -2.52. The summed E-state index contributed by atoms with van der Waals surface area (Å²) in [5.74, 6) is 0.646. The Labute approximate surface area is 198 Å². The summed E-state index contributed by atoms with van der Waals surface area (Å²) < 4.78 is 56.6. The van der Waals surface area contributed by atoms with E-state index in [1.165, 1.54) is 0 Å². The smallest absolute Gasteiger partial charge is 0.418 e. The van der Waals surface area contributed by atoms with Gasteiger partial charge in [0.15, 0.2) is 5.82 Å². The van der Waals surface area contributed by atoms with Crippen LogP contribution in [0.4, 0.5) is 24.8 Å². The van der Waals surface area contributed by atoms with Crippen LogP contribution in [0.25, 0.3) is 11.3 Å². The van der Waals surface area contributed by atoms with Crippen LogP contribution in [-0.2, 0) is 17.5 Å². The predicted molar refractivity (Wildman–Crippen MR) is 125 cm³/mol. The average molecular weight is 492 g/mol. The molecule has 1 saturated heterocycles.